The van der Waals surface area contributed by atoms with Crippen LogP contribution >= 0.6 is 0 Å². The summed E-state index contributed by atoms with van der Waals surface area (Å²) >= 11 is 0. The van der Waals surface area contributed by atoms with Gasteiger partial charge in [-0.25, -0.2) is 4.98 Å². The molecule has 1 aliphatic rings. The fourth-order valence-electron chi connectivity index (χ4n) is 3.08. The number of fused-ring (bicyclic) bond motifs is 1. The van der Waals surface area contributed by atoms with Crippen molar-refractivity contribution in [3.05, 3.63) is 43.0 Å². The minimum Gasteiger partial charge on any atom is -0.495 e. The zero-order chi connectivity index (χ0) is 19.3. The molecule has 0 bridgehead atoms. The molecule has 3 aromatic heterocycles. The van der Waals surface area contributed by atoms with E-state index in [0.717, 1.165) is 35.1 Å². The van der Waals surface area contributed by atoms with Gasteiger partial charge in [0.25, 0.3) is 0 Å². The van der Waals surface area contributed by atoms with Crippen molar-refractivity contribution in [1.82, 2.24) is 19.9 Å². The number of carbonyl (C=O) groups is 1. The predicted octanol–water partition coefficient (Wildman–Crippen LogP) is 1.97. The van der Waals surface area contributed by atoms with Gasteiger partial charge in [-0.1, -0.05) is 0 Å². The highest BCUT2D eigenvalue weighted by molar-refractivity contribution is 5.94. The van der Waals surface area contributed by atoms with Gasteiger partial charge in [-0.2, -0.15) is 0 Å². The van der Waals surface area contributed by atoms with Crippen LogP contribution in [0.4, 0.5) is 5.82 Å². The van der Waals surface area contributed by atoms with E-state index < -0.39 is 0 Å². The molecule has 144 valence electrons. The number of ether oxygens (including phenoxy) is 2. The van der Waals surface area contributed by atoms with Crippen molar-refractivity contribution in [2.75, 3.05) is 45.3 Å². The summed E-state index contributed by atoms with van der Waals surface area (Å²) < 4.78 is 10.5. The quantitative estimate of drug-likeness (QED) is 0.725. The predicted molar refractivity (Wildman–Crippen MR) is 105 cm³/mol. The van der Waals surface area contributed by atoms with Crippen molar-refractivity contribution in [1.29, 1.82) is 0 Å². The molecular weight excluding hydrogens is 358 g/mol. The monoisotopic (exact) mass is 379 g/mol. The number of rotatable bonds is 5. The van der Waals surface area contributed by atoms with Gasteiger partial charge in [-0.3, -0.25) is 19.7 Å². The number of aromatic nitrogens is 3. The lowest BCUT2D eigenvalue weighted by Crippen LogP contribution is -2.41. The largest absolute Gasteiger partial charge is 0.495 e. The Bertz CT molecular complexity index is 988. The van der Waals surface area contributed by atoms with Gasteiger partial charge in [0.15, 0.2) is 0 Å². The van der Waals surface area contributed by atoms with Crippen LogP contribution in [-0.4, -0.2) is 65.7 Å². The van der Waals surface area contributed by atoms with Gasteiger partial charge in [0.05, 0.1) is 38.8 Å². The summed E-state index contributed by atoms with van der Waals surface area (Å²) in [4.78, 5) is 27.4. The molecule has 0 aliphatic carbocycles. The molecule has 0 atom stereocenters. The molecule has 1 fully saturated rings. The number of hydrogen-bond donors (Lipinski definition) is 1. The van der Waals surface area contributed by atoms with E-state index in [-0.39, 0.29) is 5.91 Å². The molecule has 0 unspecified atom stereocenters. The van der Waals surface area contributed by atoms with Crippen molar-refractivity contribution in [2.24, 2.45) is 0 Å². The molecule has 28 heavy (non-hydrogen) atoms. The Morgan fingerprint density at radius 3 is 2.75 bits per heavy atom. The molecule has 1 saturated heterocycles. The van der Waals surface area contributed by atoms with Gasteiger partial charge in [-0.15, -0.1) is 0 Å². The van der Waals surface area contributed by atoms with E-state index in [4.69, 9.17) is 9.47 Å². The van der Waals surface area contributed by atoms with Crippen LogP contribution in [0.1, 0.15) is 0 Å². The SMILES string of the molecule is COc1cncc(-c2cc3cc(NC(=O)CN4CCOCC4)ncc3cn2)c1. The van der Waals surface area contributed by atoms with Crippen LogP contribution in [0.25, 0.3) is 22.0 Å². The molecule has 8 nitrogen and oxygen atoms in total. The summed E-state index contributed by atoms with van der Waals surface area (Å²) in [6.07, 6.45) is 6.86. The highest BCUT2D eigenvalue weighted by Gasteiger charge is 2.14. The molecule has 0 saturated carbocycles. The van der Waals surface area contributed by atoms with Crippen LogP contribution in [0.15, 0.2) is 43.0 Å². The number of pyridine rings is 3. The maximum Gasteiger partial charge on any atom is 0.239 e. The highest BCUT2D eigenvalue weighted by atomic mass is 16.5. The first-order valence-electron chi connectivity index (χ1n) is 9.06. The normalized spacial score (nSPS) is 14.8. The Hall–Kier alpha value is -3.10. The number of nitrogens with zero attached hydrogens (tertiary/aromatic N) is 4. The fraction of sp³-hybridized carbons (Fsp3) is 0.300. The third-order valence-corrected chi connectivity index (χ3v) is 4.59. The smallest absolute Gasteiger partial charge is 0.239 e. The molecule has 4 rings (SSSR count). The van der Waals surface area contributed by atoms with Crippen molar-refractivity contribution in [3.8, 4) is 17.0 Å². The minimum absolute atomic E-state index is 0.0833. The molecule has 0 aromatic carbocycles. The zero-order valence-corrected chi connectivity index (χ0v) is 15.6. The summed E-state index contributed by atoms with van der Waals surface area (Å²) in [5.74, 6) is 1.11. The van der Waals surface area contributed by atoms with Crippen molar-refractivity contribution < 1.29 is 14.3 Å². The summed E-state index contributed by atoms with van der Waals surface area (Å²) in [6.45, 7) is 3.19. The Kier molecular flexibility index (Phi) is 5.41. The van der Waals surface area contributed by atoms with Crippen LogP contribution in [0.2, 0.25) is 0 Å². The summed E-state index contributed by atoms with van der Waals surface area (Å²) in [5, 5.41) is 4.70. The van der Waals surface area contributed by atoms with E-state index >= 15 is 0 Å². The van der Waals surface area contributed by atoms with E-state index in [0.29, 0.717) is 31.3 Å². The maximum absolute atomic E-state index is 12.3. The Morgan fingerprint density at radius 1 is 1.11 bits per heavy atom. The fourth-order valence-corrected chi connectivity index (χ4v) is 3.08. The van der Waals surface area contributed by atoms with Crippen LogP contribution in [0.3, 0.4) is 0 Å². The van der Waals surface area contributed by atoms with E-state index in [9.17, 15) is 4.79 Å². The molecule has 8 heteroatoms. The summed E-state index contributed by atoms with van der Waals surface area (Å²) in [6, 6.07) is 5.68. The van der Waals surface area contributed by atoms with Gasteiger partial charge in [-0.05, 0) is 23.6 Å². The zero-order valence-electron chi connectivity index (χ0n) is 15.6. The molecule has 3 aromatic rings. The average Bonchev–Trinajstić information content (AvgIpc) is 2.74. The second-order valence-electron chi connectivity index (χ2n) is 6.54. The summed E-state index contributed by atoms with van der Waals surface area (Å²) in [7, 11) is 1.60. The molecular formula is C20H21N5O3. The van der Waals surface area contributed by atoms with E-state index in [1.165, 1.54) is 0 Å². The van der Waals surface area contributed by atoms with Gasteiger partial charge in [0.1, 0.15) is 11.6 Å². The molecule has 1 aliphatic heterocycles. The summed E-state index contributed by atoms with van der Waals surface area (Å²) in [5.41, 5.74) is 1.63. The van der Waals surface area contributed by atoms with Crippen molar-refractivity contribution >= 4 is 22.5 Å². The Balaban J connectivity index is 1.53. The van der Waals surface area contributed by atoms with Crippen molar-refractivity contribution in [3.63, 3.8) is 0 Å². The number of amides is 1. The van der Waals surface area contributed by atoms with Crippen LogP contribution in [0, 0.1) is 0 Å². The lowest BCUT2D eigenvalue weighted by Gasteiger charge is -2.25. The average molecular weight is 379 g/mol. The number of morpholine rings is 1. The molecule has 1 amide bonds. The van der Waals surface area contributed by atoms with E-state index in [1.807, 2.05) is 18.2 Å². The highest BCUT2D eigenvalue weighted by Crippen LogP contribution is 2.25. The van der Waals surface area contributed by atoms with E-state index in [1.54, 1.807) is 31.9 Å². The molecule has 1 N–H and O–H groups in total. The number of anilines is 1. The van der Waals surface area contributed by atoms with Crippen LogP contribution in [-0.2, 0) is 9.53 Å². The standard InChI is InChI=1S/C20H21N5O3/c1-27-17-6-15(9-21-12-17)18-7-14-8-19(23-11-16(14)10-22-18)24-20(26)13-25-2-4-28-5-3-25/h6-12H,2-5,13H2,1H3,(H,23,24,26). The Labute approximate surface area is 162 Å². The van der Waals surface area contributed by atoms with Gasteiger partial charge >= 0.3 is 0 Å². The molecule has 4 heterocycles. The molecule has 0 radical (unpaired) electrons. The first kappa shape index (κ1) is 18.3. The minimum atomic E-state index is -0.0833. The van der Waals surface area contributed by atoms with Gasteiger partial charge < -0.3 is 14.8 Å². The van der Waals surface area contributed by atoms with Crippen molar-refractivity contribution in [2.45, 2.75) is 0 Å². The second-order valence-corrected chi connectivity index (χ2v) is 6.54. The third-order valence-electron chi connectivity index (χ3n) is 4.59. The lowest BCUT2D eigenvalue weighted by molar-refractivity contribution is -0.118. The number of hydrogen-bond acceptors (Lipinski definition) is 7. The maximum atomic E-state index is 12.3. The van der Waals surface area contributed by atoms with Gasteiger partial charge in [0.2, 0.25) is 5.91 Å². The lowest BCUT2D eigenvalue weighted by atomic mass is 10.1. The molecule has 0 spiro atoms. The third kappa shape index (κ3) is 4.24. The van der Waals surface area contributed by atoms with E-state index in [2.05, 4.69) is 25.2 Å². The first-order chi connectivity index (χ1) is 13.7. The number of methoxy groups -OCH3 is 1. The first-order valence-corrected chi connectivity index (χ1v) is 9.06. The van der Waals surface area contributed by atoms with Crippen LogP contribution in [0.5, 0.6) is 5.75 Å². The Morgan fingerprint density at radius 2 is 1.93 bits per heavy atom. The number of carbonyl (C=O) groups excluding carboxylic acids is 1. The van der Waals surface area contributed by atoms with Gasteiger partial charge in [0, 0.05) is 42.6 Å². The second kappa shape index (κ2) is 8.28. The topological polar surface area (TPSA) is 89.5 Å². The van der Waals surface area contributed by atoms with Crippen LogP contribution < -0.4 is 10.1 Å². The number of nitrogens with one attached hydrogen (secondary N) is 1.